The van der Waals surface area contributed by atoms with Crippen molar-refractivity contribution in [1.82, 2.24) is 14.6 Å². The van der Waals surface area contributed by atoms with Gasteiger partial charge in [-0.15, -0.1) is 0 Å². The van der Waals surface area contributed by atoms with E-state index in [1.165, 1.54) is 21.6 Å². The molecule has 4 aromatic rings. The number of piperidine rings is 1. The normalized spacial score (nSPS) is 15.5. The standard InChI is InChI=1S/C25H24ClN3O4S2/c1-2-32-20-4-3-5-21(16-20)34-22-10-11-23(25-24(22)27-33-28-25)35(30,31)29-14-12-18(13-15-29)17-6-8-19(26)9-7-17/h3-11,16,18H,2,12-15H2,1H3. The molecule has 0 unspecified atom stereocenters. The van der Waals surface area contributed by atoms with E-state index in [0.29, 0.717) is 36.2 Å². The lowest BCUT2D eigenvalue weighted by molar-refractivity contribution is 0.313. The molecule has 0 aliphatic carbocycles. The summed E-state index contributed by atoms with van der Waals surface area (Å²) in [5.41, 5.74) is 1.86. The second-order valence-electron chi connectivity index (χ2n) is 8.26. The molecule has 182 valence electrons. The van der Waals surface area contributed by atoms with Crippen molar-refractivity contribution < 1.29 is 17.8 Å². The van der Waals surface area contributed by atoms with Crippen LogP contribution in [-0.2, 0) is 10.0 Å². The first kappa shape index (κ1) is 24.1. The molecule has 7 nitrogen and oxygen atoms in total. The summed E-state index contributed by atoms with van der Waals surface area (Å²) in [7, 11) is -3.75. The van der Waals surface area contributed by atoms with Gasteiger partial charge in [-0.05, 0) is 84.0 Å². The van der Waals surface area contributed by atoms with Gasteiger partial charge in [0, 0.05) is 27.9 Å². The number of nitrogens with zero attached hydrogens (tertiary/aromatic N) is 3. The van der Waals surface area contributed by atoms with Gasteiger partial charge in [0.1, 0.15) is 10.6 Å². The predicted octanol–water partition coefficient (Wildman–Crippen LogP) is 5.99. The predicted molar refractivity (Wildman–Crippen MR) is 136 cm³/mol. The zero-order valence-electron chi connectivity index (χ0n) is 19.1. The summed E-state index contributed by atoms with van der Waals surface area (Å²) in [5, 5.41) is 8.67. The zero-order chi connectivity index (χ0) is 24.4. The highest BCUT2D eigenvalue weighted by Gasteiger charge is 2.32. The number of ether oxygens (including phenoxy) is 1. The molecule has 0 atom stereocenters. The Kier molecular flexibility index (Phi) is 7.02. The largest absolute Gasteiger partial charge is 0.494 e. The molecule has 0 radical (unpaired) electrons. The first-order chi connectivity index (χ1) is 17.0. The van der Waals surface area contributed by atoms with E-state index in [9.17, 15) is 8.42 Å². The Hall–Kier alpha value is -2.59. The minimum atomic E-state index is -3.75. The summed E-state index contributed by atoms with van der Waals surface area (Å²) in [4.78, 5) is 1.82. The van der Waals surface area contributed by atoms with Gasteiger partial charge in [-0.3, -0.25) is 0 Å². The summed E-state index contributed by atoms with van der Waals surface area (Å²) in [6.45, 7) is 3.38. The van der Waals surface area contributed by atoms with E-state index in [4.69, 9.17) is 21.0 Å². The van der Waals surface area contributed by atoms with Crippen LogP contribution in [0.5, 0.6) is 5.75 Å². The van der Waals surface area contributed by atoms with Crippen LogP contribution in [0.3, 0.4) is 0 Å². The van der Waals surface area contributed by atoms with E-state index in [2.05, 4.69) is 10.3 Å². The topological polar surface area (TPSA) is 85.5 Å². The smallest absolute Gasteiger partial charge is 0.245 e. The molecular formula is C25H24ClN3O4S2. The van der Waals surface area contributed by atoms with Gasteiger partial charge in [0.15, 0.2) is 11.0 Å². The SMILES string of the molecule is CCOc1cccc(Sc2ccc(S(=O)(=O)N3CCC(c4ccc(Cl)cc4)CC3)c3nonc23)c1. The molecule has 3 aromatic carbocycles. The fourth-order valence-corrected chi connectivity index (χ4v) is 6.99. The molecule has 5 rings (SSSR count). The van der Waals surface area contributed by atoms with Gasteiger partial charge in [-0.2, -0.15) is 4.31 Å². The lowest BCUT2D eigenvalue weighted by Crippen LogP contribution is -2.38. The average Bonchev–Trinajstić information content (AvgIpc) is 3.36. The minimum Gasteiger partial charge on any atom is -0.494 e. The van der Waals surface area contributed by atoms with Crippen molar-refractivity contribution in [3.8, 4) is 5.75 Å². The van der Waals surface area contributed by atoms with E-state index in [1.807, 2.05) is 55.5 Å². The summed E-state index contributed by atoms with van der Waals surface area (Å²) in [6.07, 6.45) is 1.48. The van der Waals surface area contributed by atoms with Crippen LogP contribution in [-0.4, -0.2) is 42.7 Å². The third-order valence-corrected chi connectivity index (χ3v) is 9.32. The Labute approximate surface area is 213 Å². The first-order valence-corrected chi connectivity index (χ1v) is 14.0. The molecule has 1 fully saturated rings. The number of halogens is 1. The van der Waals surface area contributed by atoms with Crippen LogP contribution in [0.15, 0.2) is 80.0 Å². The van der Waals surface area contributed by atoms with Crippen molar-refractivity contribution in [1.29, 1.82) is 0 Å². The Bertz CT molecular complexity index is 1430. The maximum absolute atomic E-state index is 13.5. The number of hydrogen-bond acceptors (Lipinski definition) is 7. The van der Waals surface area contributed by atoms with Gasteiger partial charge in [0.2, 0.25) is 10.0 Å². The second kappa shape index (κ2) is 10.2. The highest BCUT2D eigenvalue weighted by molar-refractivity contribution is 7.99. The van der Waals surface area contributed by atoms with Crippen LogP contribution in [0.2, 0.25) is 5.02 Å². The lowest BCUT2D eigenvalue weighted by atomic mass is 9.90. The lowest BCUT2D eigenvalue weighted by Gasteiger charge is -2.31. The molecule has 0 spiro atoms. The van der Waals surface area contributed by atoms with Crippen molar-refractivity contribution in [3.05, 3.63) is 71.2 Å². The third-order valence-electron chi connectivity index (χ3n) is 6.10. The fraction of sp³-hybridized carbons (Fsp3) is 0.280. The average molecular weight is 530 g/mol. The van der Waals surface area contributed by atoms with E-state index in [1.54, 1.807) is 12.1 Å². The van der Waals surface area contributed by atoms with Gasteiger partial charge in [-0.25, -0.2) is 13.0 Å². The van der Waals surface area contributed by atoms with Crippen molar-refractivity contribution >= 4 is 44.4 Å². The molecule has 35 heavy (non-hydrogen) atoms. The molecule has 10 heteroatoms. The van der Waals surface area contributed by atoms with Crippen molar-refractivity contribution in [2.75, 3.05) is 19.7 Å². The summed E-state index contributed by atoms with van der Waals surface area (Å²) >= 11 is 7.46. The van der Waals surface area contributed by atoms with Gasteiger partial charge < -0.3 is 4.74 Å². The maximum Gasteiger partial charge on any atom is 0.245 e. The number of sulfonamides is 1. The van der Waals surface area contributed by atoms with Gasteiger partial charge in [0.25, 0.3) is 0 Å². The first-order valence-electron chi connectivity index (χ1n) is 11.4. The summed E-state index contributed by atoms with van der Waals surface area (Å²) in [5.74, 6) is 1.08. The maximum atomic E-state index is 13.5. The van der Waals surface area contributed by atoms with E-state index < -0.39 is 10.0 Å². The molecule has 0 N–H and O–H groups in total. The number of benzene rings is 3. The highest BCUT2D eigenvalue weighted by Crippen LogP contribution is 2.38. The molecule has 0 saturated carbocycles. The quantitative estimate of drug-likeness (QED) is 0.290. The van der Waals surface area contributed by atoms with Crippen LogP contribution in [0.4, 0.5) is 0 Å². The molecule has 0 bridgehead atoms. The van der Waals surface area contributed by atoms with Crippen LogP contribution in [0.1, 0.15) is 31.2 Å². The third kappa shape index (κ3) is 5.04. The molecule has 0 amide bonds. The number of hydrogen-bond donors (Lipinski definition) is 0. The molecule has 1 aromatic heterocycles. The molecule has 1 aliphatic heterocycles. The van der Waals surface area contributed by atoms with Gasteiger partial charge in [0.05, 0.1) is 6.61 Å². The molecule has 1 aliphatic rings. The van der Waals surface area contributed by atoms with Gasteiger partial charge in [-0.1, -0.05) is 41.6 Å². The fourth-order valence-electron chi connectivity index (χ4n) is 4.34. The second-order valence-corrected chi connectivity index (χ2v) is 11.7. The van der Waals surface area contributed by atoms with Crippen LogP contribution >= 0.6 is 23.4 Å². The Morgan fingerprint density at radius 3 is 2.54 bits per heavy atom. The Balaban J connectivity index is 1.37. The van der Waals surface area contributed by atoms with Crippen LogP contribution in [0.25, 0.3) is 11.0 Å². The summed E-state index contributed by atoms with van der Waals surface area (Å²) in [6, 6.07) is 18.8. The Morgan fingerprint density at radius 2 is 1.80 bits per heavy atom. The number of aromatic nitrogens is 2. The Morgan fingerprint density at radius 1 is 1.06 bits per heavy atom. The van der Waals surface area contributed by atoms with E-state index in [0.717, 1.165) is 28.4 Å². The molecule has 2 heterocycles. The van der Waals surface area contributed by atoms with Gasteiger partial charge >= 0.3 is 0 Å². The van der Waals surface area contributed by atoms with Crippen molar-refractivity contribution in [2.24, 2.45) is 0 Å². The van der Waals surface area contributed by atoms with E-state index >= 15 is 0 Å². The minimum absolute atomic E-state index is 0.117. The van der Waals surface area contributed by atoms with Crippen molar-refractivity contribution in [2.45, 2.75) is 40.4 Å². The van der Waals surface area contributed by atoms with Crippen LogP contribution in [0, 0.1) is 0 Å². The monoisotopic (exact) mass is 529 g/mol. The van der Waals surface area contributed by atoms with Crippen molar-refractivity contribution in [3.63, 3.8) is 0 Å². The van der Waals surface area contributed by atoms with E-state index in [-0.39, 0.29) is 10.4 Å². The molecule has 1 saturated heterocycles. The number of fused-ring (bicyclic) bond motifs is 1. The summed E-state index contributed by atoms with van der Waals surface area (Å²) < 4.78 is 39.2. The number of rotatable bonds is 7. The van der Waals surface area contributed by atoms with Crippen LogP contribution < -0.4 is 4.74 Å². The molecular weight excluding hydrogens is 506 g/mol. The highest BCUT2D eigenvalue weighted by atomic mass is 35.5. The zero-order valence-corrected chi connectivity index (χ0v) is 21.4.